The van der Waals surface area contributed by atoms with E-state index < -0.39 is 17.4 Å². The van der Waals surface area contributed by atoms with Crippen LogP contribution >= 0.6 is 0 Å². The Kier molecular flexibility index (Phi) is 2.98. The minimum absolute atomic E-state index is 0.220. The smallest absolute Gasteiger partial charge is 0.325 e. The van der Waals surface area contributed by atoms with Gasteiger partial charge in [0.1, 0.15) is 6.04 Å². The summed E-state index contributed by atoms with van der Waals surface area (Å²) in [6.07, 6.45) is 1.49. The molecule has 0 radical (unpaired) electrons. The van der Waals surface area contributed by atoms with E-state index in [9.17, 15) is 9.59 Å². The summed E-state index contributed by atoms with van der Waals surface area (Å²) in [5, 5.41) is 11.3. The van der Waals surface area contributed by atoms with E-state index in [0.29, 0.717) is 5.69 Å². The fraction of sp³-hybridized carbons (Fsp3) is 0.385. The summed E-state index contributed by atoms with van der Waals surface area (Å²) in [6, 6.07) is 6.29. The van der Waals surface area contributed by atoms with Gasteiger partial charge in [-0.15, -0.1) is 0 Å². The second kappa shape index (κ2) is 4.33. The van der Waals surface area contributed by atoms with Gasteiger partial charge in [-0.25, -0.2) is 0 Å². The van der Waals surface area contributed by atoms with Gasteiger partial charge in [-0.3, -0.25) is 9.59 Å². The number of carbonyl (C=O) groups excluding carboxylic acids is 1. The van der Waals surface area contributed by atoms with Crippen LogP contribution in [-0.2, 0) is 15.0 Å². The summed E-state index contributed by atoms with van der Waals surface area (Å²) in [5.41, 5.74) is 6.59. The topological polar surface area (TPSA) is 92.4 Å². The molecule has 5 nitrogen and oxygen atoms in total. The summed E-state index contributed by atoms with van der Waals surface area (Å²) in [4.78, 5) is 22.9. The number of aliphatic carboxylic acids is 1. The lowest BCUT2D eigenvalue weighted by Gasteiger charge is -2.18. The van der Waals surface area contributed by atoms with Gasteiger partial charge in [-0.2, -0.15) is 0 Å². The van der Waals surface area contributed by atoms with E-state index in [0.717, 1.165) is 18.4 Å². The molecule has 1 amide bonds. The number of carboxylic acids is 1. The molecule has 0 saturated heterocycles. The number of carbonyl (C=O) groups is 2. The second-order valence-corrected chi connectivity index (χ2v) is 4.74. The highest BCUT2D eigenvalue weighted by Gasteiger charge is 2.51. The molecular weight excluding hydrogens is 232 g/mol. The van der Waals surface area contributed by atoms with Crippen molar-refractivity contribution < 1.29 is 14.7 Å². The van der Waals surface area contributed by atoms with Crippen LogP contribution in [0, 0.1) is 0 Å². The molecule has 1 aromatic rings. The van der Waals surface area contributed by atoms with Gasteiger partial charge in [0, 0.05) is 5.69 Å². The molecule has 0 aromatic heterocycles. The van der Waals surface area contributed by atoms with Crippen molar-refractivity contribution in [2.24, 2.45) is 0 Å². The number of carboxylic acid groups (broad SMARTS) is 1. The van der Waals surface area contributed by atoms with Crippen molar-refractivity contribution in [2.45, 2.75) is 31.2 Å². The van der Waals surface area contributed by atoms with Gasteiger partial charge in [-0.1, -0.05) is 12.1 Å². The van der Waals surface area contributed by atoms with Crippen molar-refractivity contribution in [3.05, 3.63) is 29.8 Å². The van der Waals surface area contributed by atoms with Crippen molar-refractivity contribution in [1.82, 2.24) is 5.32 Å². The van der Waals surface area contributed by atoms with Crippen molar-refractivity contribution in [3.8, 4) is 0 Å². The minimum Gasteiger partial charge on any atom is -0.480 e. The number of hydrogen-bond acceptors (Lipinski definition) is 3. The summed E-state index contributed by atoms with van der Waals surface area (Å²) < 4.78 is 0. The molecule has 1 aliphatic carbocycles. The highest BCUT2D eigenvalue weighted by Crippen LogP contribution is 2.48. The number of rotatable bonds is 4. The van der Waals surface area contributed by atoms with Crippen molar-refractivity contribution >= 4 is 17.6 Å². The van der Waals surface area contributed by atoms with E-state index in [1.807, 2.05) is 12.1 Å². The highest BCUT2D eigenvalue weighted by molar-refractivity contribution is 5.93. The van der Waals surface area contributed by atoms with Gasteiger partial charge >= 0.3 is 5.97 Å². The van der Waals surface area contributed by atoms with Crippen molar-refractivity contribution in [1.29, 1.82) is 0 Å². The van der Waals surface area contributed by atoms with Crippen molar-refractivity contribution in [2.75, 3.05) is 5.73 Å². The summed E-state index contributed by atoms with van der Waals surface area (Å²) in [5.74, 6) is -1.25. The van der Waals surface area contributed by atoms with E-state index in [2.05, 4.69) is 5.32 Å². The van der Waals surface area contributed by atoms with Gasteiger partial charge in [0.05, 0.1) is 5.41 Å². The molecule has 4 N–H and O–H groups in total. The number of nitrogens with two attached hydrogens (primary N) is 1. The molecule has 1 fully saturated rings. The van der Waals surface area contributed by atoms with Gasteiger partial charge in [0.25, 0.3) is 0 Å². The normalized spacial score (nSPS) is 17.8. The first-order valence-corrected chi connectivity index (χ1v) is 5.85. The van der Waals surface area contributed by atoms with Crippen LogP contribution in [0.5, 0.6) is 0 Å². The highest BCUT2D eigenvalue weighted by atomic mass is 16.4. The molecule has 2 rings (SSSR count). The SMILES string of the molecule is CC(NC(=O)C1(c2ccc(N)cc2)CC1)C(=O)O. The molecule has 1 unspecified atom stereocenters. The Labute approximate surface area is 105 Å². The van der Waals surface area contributed by atoms with Gasteiger partial charge in [0.2, 0.25) is 5.91 Å². The van der Waals surface area contributed by atoms with Crippen LogP contribution in [-0.4, -0.2) is 23.0 Å². The Morgan fingerprint density at radius 2 is 1.89 bits per heavy atom. The predicted molar refractivity (Wildman–Crippen MR) is 67.0 cm³/mol. The van der Waals surface area contributed by atoms with E-state index in [1.54, 1.807) is 12.1 Å². The van der Waals surface area contributed by atoms with E-state index in [1.165, 1.54) is 6.92 Å². The monoisotopic (exact) mass is 248 g/mol. The van der Waals surface area contributed by atoms with Crippen LogP contribution in [0.2, 0.25) is 0 Å². The summed E-state index contributed by atoms with van der Waals surface area (Å²) in [6.45, 7) is 1.46. The molecule has 0 aliphatic heterocycles. The molecule has 96 valence electrons. The molecule has 0 heterocycles. The van der Waals surface area contributed by atoms with Gasteiger partial charge in [0.15, 0.2) is 0 Å². The number of hydrogen-bond donors (Lipinski definition) is 3. The first kappa shape index (κ1) is 12.4. The van der Waals surface area contributed by atoms with E-state index in [-0.39, 0.29) is 5.91 Å². The number of benzene rings is 1. The second-order valence-electron chi connectivity index (χ2n) is 4.74. The largest absolute Gasteiger partial charge is 0.480 e. The maximum absolute atomic E-state index is 12.1. The Balaban J connectivity index is 2.14. The number of nitrogens with one attached hydrogen (secondary N) is 1. The van der Waals surface area contributed by atoms with Crippen LogP contribution in [0.15, 0.2) is 24.3 Å². The molecule has 0 bridgehead atoms. The first-order chi connectivity index (χ1) is 8.45. The standard InChI is InChI=1S/C13H16N2O3/c1-8(11(16)17)15-12(18)13(6-7-13)9-2-4-10(14)5-3-9/h2-5,8H,6-7,14H2,1H3,(H,15,18)(H,16,17). The molecule has 1 atom stereocenters. The fourth-order valence-corrected chi connectivity index (χ4v) is 1.97. The lowest BCUT2D eigenvalue weighted by atomic mass is 9.94. The molecule has 1 aromatic carbocycles. The molecule has 0 spiro atoms. The third kappa shape index (κ3) is 2.16. The fourth-order valence-electron chi connectivity index (χ4n) is 1.97. The lowest BCUT2D eigenvalue weighted by Crippen LogP contribution is -2.43. The molecular formula is C13H16N2O3. The molecule has 5 heteroatoms. The lowest BCUT2D eigenvalue weighted by molar-refractivity contribution is -0.141. The molecule has 1 aliphatic rings. The van der Waals surface area contributed by atoms with Crippen LogP contribution in [0.25, 0.3) is 0 Å². The minimum atomic E-state index is -1.03. The Hall–Kier alpha value is -2.04. The third-order valence-electron chi connectivity index (χ3n) is 3.37. The van der Waals surface area contributed by atoms with E-state index >= 15 is 0 Å². The Morgan fingerprint density at radius 1 is 1.33 bits per heavy atom. The zero-order valence-electron chi connectivity index (χ0n) is 10.1. The molecule has 1 saturated carbocycles. The van der Waals surface area contributed by atoms with Gasteiger partial charge < -0.3 is 16.2 Å². The number of amides is 1. The average molecular weight is 248 g/mol. The van der Waals surface area contributed by atoms with Crippen LogP contribution < -0.4 is 11.1 Å². The maximum Gasteiger partial charge on any atom is 0.325 e. The number of nitrogen functional groups attached to an aromatic ring is 1. The predicted octanol–water partition coefficient (Wildman–Crippen LogP) is 0.890. The summed E-state index contributed by atoms with van der Waals surface area (Å²) >= 11 is 0. The summed E-state index contributed by atoms with van der Waals surface area (Å²) in [7, 11) is 0. The van der Waals surface area contributed by atoms with E-state index in [4.69, 9.17) is 10.8 Å². The zero-order valence-corrected chi connectivity index (χ0v) is 10.1. The maximum atomic E-state index is 12.1. The average Bonchev–Trinajstić information content (AvgIpc) is 3.11. The van der Waals surface area contributed by atoms with Crippen LogP contribution in [0.3, 0.4) is 0 Å². The Morgan fingerprint density at radius 3 is 2.33 bits per heavy atom. The van der Waals surface area contributed by atoms with Crippen molar-refractivity contribution in [3.63, 3.8) is 0 Å². The van der Waals surface area contributed by atoms with Gasteiger partial charge in [-0.05, 0) is 37.5 Å². The first-order valence-electron chi connectivity index (χ1n) is 5.85. The Bertz CT molecular complexity index is 478. The van der Waals surface area contributed by atoms with Crippen LogP contribution in [0.4, 0.5) is 5.69 Å². The van der Waals surface area contributed by atoms with Crippen LogP contribution in [0.1, 0.15) is 25.3 Å². The number of anilines is 1. The third-order valence-corrected chi connectivity index (χ3v) is 3.37. The molecule has 18 heavy (non-hydrogen) atoms. The quantitative estimate of drug-likeness (QED) is 0.690. The zero-order chi connectivity index (χ0) is 13.3.